The van der Waals surface area contributed by atoms with Crippen LogP contribution in [-0.2, 0) is 0 Å². The van der Waals surface area contributed by atoms with Gasteiger partial charge in [-0.2, -0.15) is 0 Å². The Morgan fingerprint density at radius 2 is 1.75 bits per heavy atom. The van der Waals surface area contributed by atoms with Gasteiger partial charge in [-0.25, -0.2) is 0 Å². The number of rotatable bonds is 4. The summed E-state index contributed by atoms with van der Waals surface area (Å²) < 4.78 is 0. The number of aldehydes is 1. The Kier molecular flexibility index (Phi) is 4.25. The minimum absolute atomic E-state index is 0.430. The molecule has 102 valence electrons. The molecule has 20 heavy (non-hydrogen) atoms. The topological polar surface area (TPSA) is 60.2 Å². The average Bonchev–Trinajstić information content (AvgIpc) is 2.44. The number of carbonyl (C=O) groups excluding carboxylic acids is 2. The Balaban J connectivity index is 2.43. The monoisotopic (exact) mass is 285 g/mol. The summed E-state index contributed by atoms with van der Waals surface area (Å²) in [6, 6.07) is 10.9. The molecule has 0 atom stereocenters. The molecule has 3 nitrogen and oxygen atoms in total. The Labute approximate surface area is 122 Å². The highest BCUT2D eigenvalue weighted by molar-refractivity contribution is 7.99. The third-order valence-electron chi connectivity index (χ3n) is 3.18. The van der Waals surface area contributed by atoms with Crippen molar-refractivity contribution in [3.8, 4) is 0 Å². The predicted octanol–water partition coefficient (Wildman–Crippen LogP) is 3.37. The summed E-state index contributed by atoms with van der Waals surface area (Å²) in [7, 11) is 0. The van der Waals surface area contributed by atoms with Gasteiger partial charge in [0.15, 0.2) is 0 Å². The molecule has 0 saturated carbocycles. The fraction of sp³-hybridized carbons (Fsp3) is 0.125. The van der Waals surface area contributed by atoms with E-state index in [0.717, 1.165) is 27.2 Å². The zero-order valence-corrected chi connectivity index (χ0v) is 12.2. The van der Waals surface area contributed by atoms with Crippen LogP contribution >= 0.6 is 11.8 Å². The number of carbonyl (C=O) groups is 2. The van der Waals surface area contributed by atoms with Crippen LogP contribution < -0.4 is 5.73 Å². The molecule has 2 rings (SSSR count). The number of hydrogen-bond acceptors (Lipinski definition) is 3. The lowest BCUT2D eigenvalue weighted by atomic mass is 10.1. The van der Waals surface area contributed by atoms with Crippen LogP contribution in [0.15, 0.2) is 46.2 Å². The van der Waals surface area contributed by atoms with E-state index >= 15 is 0 Å². The quantitative estimate of drug-likeness (QED) is 0.876. The van der Waals surface area contributed by atoms with Gasteiger partial charge in [-0.15, -0.1) is 0 Å². The first-order chi connectivity index (χ1) is 9.52. The van der Waals surface area contributed by atoms with E-state index in [2.05, 4.69) is 0 Å². The van der Waals surface area contributed by atoms with Crippen molar-refractivity contribution < 1.29 is 9.59 Å². The second-order valence-electron chi connectivity index (χ2n) is 4.54. The molecule has 2 aromatic carbocycles. The van der Waals surface area contributed by atoms with Gasteiger partial charge in [-0.1, -0.05) is 30.0 Å². The van der Waals surface area contributed by atoms with Gasteiger partial charge in [0.25, 0.3) is 0 Å². The van der Waals surface area contributed by atoms with Crippen LogP contribution in [0.3, 0.4) is 0 Å². The van der Waals surface area contributed by atoms with Gasteiger partial charge in [0.2, 0.25) is 5.91 Å². The lowest BCUT2D eigenvalue weighted by molar-refractivity contribution is 0.0997. The van der Waals surface area contributed by atoms with Crippen LogP contribution in [0.5, 0.6) is 0 Å². The summed E-state index contributed by atoms with van der Waals surface area (Å²) in [6.07, 6.45) is 0.807. The summed E-state index contributed by atoms with van der Waals surface area (Å²) in [4.78, 5) is 24.0. The van der Waals surface area contributed by atoms with Crippen molar-refractivity contribution >= 4 is 24.0 Å². The second-order valence-corrected chi connectivity index (χ2v) is 5.62. The van der Waals surface area contributed by atoms with Crippen molar-refractivity contribution in [1.82, 2.24) is 0 Å². The summed E-state index contributed by atoms with van der Waals surface area (Å²) in [5.41, 5.74) is 8.75. The maximum atomic E-state index is 11.5. The average molecular weight is 285 g/mol. The van der Waals surface area contributed by atoms with Gasteiger partial charge >= 0.3 is 0 Å². The molecule has 0 unspecified atom stereocenters. The van der Waals surface area contributed by atoms with Gasteiger partial charge in [0.1, 0.15) is 6.29 Å². The largest absolute Gasteiger partial charge is 0.366 e. The molecule has 2 N–H and O–H groups in total. The van der Waals surface area contributed by atoms with Crippen LogP contribution in [0.4, 0.5) is 0 Å². The van der Waals surface area contributed by atoms with E-state index in [1.54, 1.807) is 18.2 Å². The number of primary amides is 1. The van der Waals surface area contributed by atoms with E-state index in [1.807, 2.05) is 32.0 Å². The highest BCUT2D eigenvalue weighted by Gasteiger charge is 2.13. The first-order valence-electron chi connectivity index (χ1n) is 6.16. The summed E-state index contributed by atoms with van der Waals surface area (Å²) in [5.74, 6) is -0.430. The SMILES string of the molecule is Cc1ccc(C(N)=O)c(Sc2ccc(C=O)cc2)c1C. The molecule has 0 heterocycles. The van der Waals surface area contributed by atoms with Crippen molar-refractivity contribution in [3.05, 3.63) is 58.7 Å². The summed E-state index contributed by atoms with van der Waals surface area (Å²) in [6.45, 7) is 3.98. The molecule has 0 radical (unpaired) electrons. The normalized spacial score (nSPS) is 10.3. The van der Waals surface area contributed by atoms with E-state index in [9.17, 15) is 9.59 Å². The Morgan fingerprint density at radius 1 is 1.10 bits per heavy atom. The lowest BCUT2D eigenvalue weighted by Gasteiger charge is -2.12. The molecule has 0 aromatic heterocycles. The van der Waals surface area contributed by atoms with Crippen molar-refractivity contribution in [2.75, 3.05) is 0 Å². The highest BCUT2D eigenvalue weighted by atomic mass is 32.2. The smallest absolute Gasteiger partial charge is 0.249 e. The van der Waals surface area contributed by atoms with Crippen molar-refractivity contribution in [2.45, 2.75) is 23.6 Å². The van der Waals surface area contributed by atoms with Crippen LogP contribution in [0.25, 0.3) is 0 Å². The molecular formula is C16H15NO2S. The number of amides is 1. The molecule has 2 aromatic rings. The van der Waals surface area contributed by atoms with Gasteiger partial charge in [-0.05, 0) is 43.2 Å². The zero-order valence-electron chi connectivity index (χ0n) is 11.3. The molecule has 0 spiro atoms. The number of aryl methyl sites for hydroxylation is 1. The standard InChI is InChI=1S/C16H15NO2S/c1-10-3-8-14(16(17)19)15(11(10)2)20-13-6-4-12(9-18)5-7-13/h3-9H,1-2H3,(H2,17,19). The second kappa shape index (κ2) is 5.92. The van der Waals surface area contributed by atoms with Crippen molar-refractivity contribution in [1.29, 1.82) is 0 Å². The third kappa shape index (κ3) is 2.91. The molecule has 0 aliphatic rings. The van der Waals surface area contributed by atoms with Crippen LogP contribution in [0.1, 0.15) is 31.8 Å². The molecular weight excluding hydrogens is 270 g/mol. The van der Waals surface area contributed by atoms with E-state index in [0.29, 0.717) is 11.1 Å². The van der Waals surface area contributed by atoms with Gasteiger partial charge in [0, 0.05) is 15.4 Å². The maximum Gasteiger partial charge on any atom is 0.249 e. The molecule has 0 bridgehead atoms. The highest BCUT2D eigenvalue weighted by Crippen LogP contribution is 2.34. The predicted molar refractivity (Wildman–Crippen MR) is 80.4 cm³/mol. The fourth-order valence-electron chi connectivity index (χ4n) is 1.85. The Bertz CT molecular complexity index is 663. The Morgan fingerprint density at radius 3 is 2.30 bits per heavy atom. The molecule has 1 amide bonds. The number of hydrogen-bond donors (Lipinski definition) is 1. The van der Waals surface area contributed by atoms with Crippen molar-refractivity contribution in [3.63, 3.8) is 0 Å². The molecule has 0 aliphatic heterocycles. The summed E-state index contributed by atoms with van der Waals surface area (Å²) >= 11 is 1.49. The van der Waals surface area contributed by atoms with Gasteiger partial charge < -0.3 is 5.73 Å². The zero-order chi connectivity index (χ0) is 14.7. The molecule has 0 saturated heterocycles. The molecule has 4 heteroatoms. The first kappa shape index (κ1) is 14.3. The van der Waals surface area contributed by atoms with E-state index < -0.39 is 5.91 Å². The van der Waals surface area contributed by atoms with E-state index in [1.165, 1.54) is 11.8 Å². The van der Waals surface area contributed by atoms with Crippen LogP contribution in [-0.4, -0.2) is 12.2 Å². The first-order valence-corrected chi connectivity index (χ1v) is 6.97. The van der Waals surface area contributed by atoms with Crippen LogP contribution in [0, 0.1) is 13.8 Å². The van der Waals surface area contributed by atoms with E-state index in [-0.39, 0.29) is 0 Å². The minimum atomic E-state index is -0.430. The van der Waals surface area contributed by atoms with Crippen LogP contribution in [0.2, 0.25) is 0 Å². The summed E-state index contributed by atoms with van der Waals surface area (Å²) in [5, 5.41) is 0. The van der Waals surface area contributed by atoms with Gasteiger partial charge in [-0.3, -0.25) is 9.59 Å². The fourth-order valence-corrected chi connectivity index (χ4v) is 2.95. The Hall–Kier alpha value is -2.07. The minimum Gasteiger partial charge on any atom is -0.366 e. The maximum absolute atomic E-state index is 11.5. The number of benzene rings is 2. The van der Waals surface area contributed by atoms with Gasteiger partial charge in [0.05, 0.1) is 5.56 Å². The third-order valence-corrected chi connectivity index (χ3v) is 4.42. The number of nitrogens with two attached hydrogens (primary N) is 1. The molecule has 0 fully saturated rings. The van der Waals surface area contributed by atoms with Crippen molar-refractivity contribution in [2.24, 2.45) is 5.73 Å². The lowest BCUT2D eigenvalue weighted by Crippen LogP contribution is -2.13. The molecule has 0 aliphatic carbocycles. The van der Waals surface area contributed by atoms with E-state index in [4.69, 9.17) is 5.73 Å².